The topological polar surface area (TPSA) is 101 Å². The second kappa shape index (κ2) is 5.26. The molecule has 0 aliphatic carbocycles. The van der Waals surface area contributed by atoms with E-state index in [0.29, 0.717) is 11.6 Å². The normalized spacial score (nSPS) is 11.5. The number of H-pyrrole nitrogens is 1. The number of benzene rings is 1. The molecule has 0 bridgehead atoms. The van der Waals surface area contributed by atoms with Crippen molar-refractivity contribution in [3.63, 3.8) is 0 Å². The lowest BCUT2D eigenvalue weighted by Gasteiger charge is -2.05. The van der Waals surface area contributed by atoms with Gasteiger partial charge in [0.15, 0.2) is 0 Å². The number of nitrogens with zero attached hydrogens (tertiary/aromatic N) is 2. The van der Waals surface area contributed by atoms with Gasteiger partial charge >= 0.3 is 0 Å². The molecule has 0 saturated heterocycles. The van der Waals surface area contributed by atoms with Crippen molar-refractivity contribution in [3.05, 3.63) is 48.2 Å². The van der Waals surface area contributed by atoms with Crippen molar-refractivity contribution in [2.45, 2.75) is 11.8 Å². The highest BCUT2D eigenvalue weighted by Gasteiger charge is 2.18. The van der Waals surface area contributed by atoms with Crippen molar-refractivity contribution in [3.8, 4) is 11.6 Å². The number of rotatable bonds is 4. The van der Waals surface area contributed by atoms with Crippen molar-refractivity contribution in [2.75, 3.05) is 4.72 Å². The van der Waals surface area contributed by atoms with Gasteiger partial charge in [0.1, 0.15) is 16.4 Å². The van der Waals surface area contributed by atoms with Gasteiger partial charge in [-0.1, -0.05) is 0 Å². The number of nitrogens with one attached hydrogen (secondary N) is 2. The first-order valence-corrected chi connectivity index (χ1v) is 7.70. The number of hydrogen-bond acceptors (Lipinski definition) is 5. The molecule has 0 unspecified atom stereocenters. The van der Waals surface area contributed by atoms with E-state index in [1.54, 1.807) is 6.92 Å². The van der Waals surface area contributed by atoms with Gasteiger partial charge < -0.3 is 9.40 Å². The zero-order chi connectivity index (χ0) is 15.7. The van der Waals surface area contributed by atoms with Crippen LogP contribution in [0, 0.1) is 12.7 Å². The molecular weight excluding hydrogens is 311 g/mol. The molecule has 3 aromatic rings. The monoisotopic (exact) mass is 322 g/mol. The SMILES string of the molecule is Cc1nnc(-c2cc(S(=O)(=O)Nc3ccc(F)cc3)c[nH]2)o1. The molecule has 114 valence electrons. The Labute approximate surface area is 125 Å². The Bertz CT molecular complexity index is 900. The molecule has 0 radical (unpaired) electrons. The Morgan fingerprint density at radius 3 is 2.59 bits per heavy atom. The second-order valence-corrected chi connectivity index (χ2v) is 6.17. The summed E-state index contributed by atoms with van der Waals surface area (Å²) in [6.07, 6.45) is 1.31. The fourth-order valence-corrected chi connectivity index (χ4v) is 2.84. The van der Waals surface area contributed by atoms with E-state index in [1.165, 1.54) is 36.5 Å². The van der Waals surface area contributed by atoms with E-state index in [0.717, 1.165) is 0 Å². The molecule has 0 saturated carbocycles. The van der Waals surface area contributed by atoms with Gasteiger partial charge in [-0.2, -0.15) is 0 Å². The molecular formula is C13H11FN4O3S. The standard InChI is InChI=1S/C13H11FN4O3S/c1-8-16-17-13(21-8)12-6-11(7-15-12)22(19,20)18-10-4-2-9(14)3-5-10/h2-7,15,18H,1H3. The van der Waals surface area contributed by atoms with E-state index in [9.17, 15) is 12.8 Å². The summed E-state index contributed by atoms with van der Waals surface area (Å²) >= 11 is 0. The Morgan fingerprint density at radius 1 is 1.23 bits per heavy atom. The van der Waals surface area contributed by atoms with E-state index in [2.05, 4.69) is 19.9 Å². The minimum absolute atomic E-state index is 0.00248. The van der Waals surface area contributed by atoms with Crippen LogP contribution in [0.4, 0.5) is 10.1 Å². The van der Waals surface area contributed by atoms with Crippen LogP contribution in [0.15, 0.2) is 45.8 Å². The second-order valence-electron chi connectivity index (χ2n) is 4.49. The first kappa shape index (κ1) is 14.3. The maximum Gasteiger partial charge on any atom is 0.264 e. The summed E-state index contributed by atoms with van der Waals surface area (Å²) in [4.78, 5) is 2.76. The molecule has 0 aliphatic heterocycles. The molecule has 0 atom stereocenters. The Balaban J connectivity index is 1.86. The van der Waals surface area contributed by atoms with Gasteiger partial charge in [-0.15, -0.1) is 10.2 Å². The van der Waals surface area contributed by atoms with Crippen LogP contribution in [-0.2, 0) is 10.0 Å². The first-order valence-electron chi connectivity index (χ1n) is 6.21. The van der Waals surface area contributed by atoms with Gasteiger partial charge in [0, 0.05) is 18.8 Å². The lowest BCUT2D eigenvalue weighted by Crippen LogP contribution is -2.12. The van der Waals surface area contributed by atoms with Crippen LogP contribution < -0.4 is 4.72 Å². The van der Waals surface area contributed by atoms with E-state index < -0.39 is 15.8 Å². The zero-order valence-corrected chi connectivity index (χ0v) is 12.2. The minimum Gasteiger partial charge on any atom is -0.420 e. The van der Waals surface area contributed by atoms with Crippen LogP contribution in [0.2, 0.25) is 0 Å². The Kier molecular flexibility index (Phi) is 3.41. The molecule has 2 N–H and O–H groups in total. The van der Waals surface area contributed by atoms with Crippen LogP contribution in [0.1, 0.15) is 5.89 Å². The van der Waals surface area contributed by atoms with Gasteiger partial charge in [-0.25, -0.2) is 12.8 Å². The number of aryl methyl sites for hydroxylation is 1. The summed E-state index contributed by atoms with van der Waals surface area (Å²) in [5.41, 5.74) is 0.651. The number of sulfonamides is 1. The van der Waals surface area contributed by atoms with E-state index in [-0.39, 0.29) is 16.5 Å². The third kappa shape index (κ3) is 2.84. The molecule has 0 amide bonds. The highest BCUT2D eigenvalue weighted by Crippen LogP contribution is 2.22. The number of halogens is 1. The third-order valence-corrected chi connectivity index (χ3v) is 4.18. The Hall–Kier alpha value is -2.68. The van der Waals surface area contributed by atoms with Gasteiger partial charge in [-0.3, -0.25) is 4.72 Å². The zero-order valence-electron chi connectivity index (χ0n) is 11.4. The molecule has 7 nitrogen and oxygen atoms in total. The number of hydrogen-bond donors (Lipinski definition) is 2. The smallest absolute Gasteiger partial charge is 0.264 e. The summed E-state index contributed by atoms with van der Waals surface area (Å²) < 4.78 is 44.9. The summed E-state index contributed by atoms with van der Waals surface area (Å²) in [6.45, 7) is 1.63. The van der Waals surface area contributed by atoms with Crippen molar-refractivity contribution >= 4 is 15.7 Å². The summed E-state index contributed by atoms with van der Waals surface area (Å²) in [5, 5.41) is 7.47. The van der Waals surface area contributed by atoms with Crippen molar-refractivity contribution in [1.29, 1.82) is 0 Å². The largest absolute Gasteiger partial charge is 0.420 e. The van der Waals surface area contributed by atoms with E-state index in [1.807, 2.05) is 0 Å². The van der Waals surface area contributed by atoms with Crippen molar-refractivity contribution < 1.29 is 17.2 Å². The van der Waals surface area contributed by atoms with Crippen molar-refractivity contribution in [2.24, 2.45) is 0 Å². The summed E-state index contributed by atoms with van der Waals surface area (Å²) in [7, 11) is -3.80. The summed E-state index contributed by atoms with van der Waals surface area (Å²) in [6, 6.07) is 6.38. The van der Waals surface area contributed by atoms with Crippen LogP contribution in [0.5, 0.6) is 0 Å². The lowest BCUT2D eigenvalue weighted by molar-refractivity contribution is 0.531. The third-order valence-electron chi connectivity index (χ3n) is 2.82. The molecule has 22 heavy (non-hydrogen) atoms. The fourth-order valence-electron chi connectivity index (χ4n) is 1.79. The number of aromatic amines is 1. The van der Waals surface area contributed by atoms with Gasteiger partial charge in [-0.05, 0) is 30.3 Å². The van der Waals surface area contributed by atoms with Crippen molar-refractivity contribution in [1.82, 2.24) is 15.2 Å². The highest BCUT2D eigenvalue weighted by atomic mass is 32.2. The minimum atomic E-state index is -3.80. The van der Waals surface area contributed by atoms with E-state index >= 15 is 0 Å². The highest BCUT2D eigenvalue weighted by molar-refractivity contribution is 7.92. The molecule has 2 aromatic heterocycles. The maximum absolute atomic E-state index is 12.8. The van der Waals surface area contributed by atoms with Gasteiger partial charge in [0.25, 0.3) is 15.9 Å². The molecule has 3 rings (SSSR count). The predicted octanol–water partition coefficient (Wildman–Crippen LogP) is 2.31. The maximum atomic E-state index is 12.8. The lowest BCUT2D eigenvalue weighted by atomic mass is 10.3. The molecule has 9 heteroatoms. The average molecular weight is 322 g/mol. The Morgan fingerprint density at radius 2 is 1.95 bits per heavy atom. The molecule has 0 aliphatic rings. The van der Waals surface area contributed by atoms with Crippen LogP contribution in [-0.4, -0.2) is 23.6 Å². The van der Waals surface area contributed by atoms with Crippen LogP contribution >= 0.6 is 0 Å². The number of aromatic nitrogens is 3. The van der Waals surface area contributed by atoms with Crippen LogP contribution in [0.25, 0.3) is 11.6 Å². The first-order chi connectivity index (χ1) is 10.4. The van der Waals surface area contributed by atoms with Crippen LogP contribution in [0.3, 0.4) is 0 Å². The molecule has 0 spiro atoms. The van der Waals surface area contributed by atoms with E-state index in [4.69, 9.17) is 4.42 Å². The molecule has 0 fully saturated rings. The molecule has 1 aromatic carbocycles. The van der Waals surface area contributed by atoms with Gasteiger partial charge in [0.2, 0.25) is 5.89 Å². The van der Waals surface area contributed by atoms with Gasteiger partial charge in [0.05, 0.1) is 0 Å². The predicted molar refractivity (Wildman–Crippen MR) is 76.0 cm³/mol. The molecule has 2 heterocycles. The number of anilines is 1. The fraction of sp³-hybridized carbons (Fsp3) is 0.0769. The average Bonchev–Trinajstić information content (AvgIpc) is 3.10. The quantitative estimate of drug-likeness (QED) is 0.767. The summed E-state index contributed by atoms with van der Waals surface area (Å²) in [5.74, 6) is 0.123.